The Bertz CT molecular complexity index is 448. The first kappa shape index (κ1) is 12.3. The van der Waals surface area contributed by atoms with Gasteiger partial charge in [-0.3, -0.25) is 0 Å². The van der Waals surface area contributed by atoms with Gasteiger partial charge in [0.25, 0.3) is 0 Å². The minimum Gasteiger partial charge on any atom is -0.365 e. The third kappa shape index (κ3) is 2.40. The monoisotopic (exact) mass is 248 g/mol. The van der Waals surface area contributed by atoms with E-state index in [4.69, 9.17) is 16.9 Å². The third-order valence-corrected chi connectivity index (χ3v) is 3.82. The van der Waals surface area contributed by atoms with Crippen LogP contribution in [0, 0.1) is 17.2 Å². The number of benzene rings is 1. The average molecular weight is 249 g/mol. The maximum atomic E-state index is 9.04. The number of halogens is 1. The Balaban J connectivity index is 2.29. The van der Waals surface area contributed by atoms with Crippen molar-refractivity contribution in [2.24, 2.45) is 5.92 Å². The van der Waals surface area contributed by atoms with Crippen molar-refractivity contribution in [3.63, 3.8) is 0 Å². The van der Waals surface area contributed by atoms with E-state index in [9.17, 15) is 0 Å². The van der Waals surface area contributed by atoms with Crippen LogP contribution in [0.4, 0.5) is 5.69 Å². The highest BCUT2D eigenvalue weighted by atomic mass is 35.5. The summed E-state index contributed by atoms with van der Waals surface area (Å²) in [6.07, 6.45) is 1.82. The van der Waals surface area contributed by atoms with Gasteiger partial charge in [0.2, 0.25) is 0 Å². The largest absolute Gasteiger partial charge is 0.365 e. The smallest absolute Gasteiger partial charge is 0.0657 e. The van der Waals surface area contributed by atoms with Crippen molar-refractivity contribution in [2.75, 3.05) is 11.4 Å². The van der Waals surface area contributed by atoms with Crippen molar-refractivity contribution in [3.8, 4) is 6.07 Å². The van der Waals surface area contributed by atoms with E-state index < -0.39 is 0 Å². The molecular weight excluding hydrogens is 232 g/mol. The number of anilines is 1. The molecule has 1 aromatic rings. The van der Waals surface area contributed by atoms with Gasteiger partial charge in [-0.25, -0.2) is 0 Å². The number of para-hydroxylation sites is 1. The normalized spacial score (nSPS) is 23.2. The van der Waals surface area contributed by atoms with Crippen molar-refractivity contribution in [2.45, 2.75) is 32.2 Å². The highest BCUT2D eigenvalue weighted by Gasteiger charge is 2.35. The molecule has 0 aromatic heterocycles. The van der Waals surface area contributed by atoms with Crippen LogP contribution in [0.15, 0.2) is 24.3 Å². The van der Waals surface area contributed by atoms with Gasteiger partial charge in [-0.1, -0.05) is 23.7 Å². The molecule has 1 aliphatic heterocycles. The van der Waals surface area contributed by atoms with Crippen LogP contribution in [0.25, 0.3) is 0 Å². The molecule has 90 valence electrons. The molecule has 17 heavy (non-hydrogen) atoms. The Morgan fingerprint density at radius 2 is 2.12 bits per heavy atom. The van der Waals surface area contributed by atoms with Crippen molar-refractivity contribution in [1.82, 2.24) is 0 Å². The number of nitriles is 1. The molecule has 1 heterocycles. The molecule has 1 fully saturated rings. The molecule has 0 bridgehead atoms. The van der Waals surface area contributed by atoms with E-state index in [1.165, 1.54) is 0 Å². The van der Waals surface area contributed by atoms with E-state index in [2.05, 4.69) is 30.9 Å². The summed E-state index contributed by atoms with van der Waals surface area (Å²) in [4.78, 5) is 2.32. The second-order valence-corrected chi connectivity index (χ2v) is 5.64. The second-order valence-electron chi connectivity index (χ2n) is 5.23. The molecular formula is C14H17ClN2. The molecule has 2 nitrogen and oxygen atoms in total. The molecule has 0 radical (unpaired) electrons. The van der Waals surface area contributed by atoms with Crippen molar-refractivity contribution in [1.29, 1.82) is 5.26 Å². The highest BCUT2D eigenvalue weighted by Crippen LogP contribution is 2.38. The van der Waals surface area contributed by atoms with Gasteiger partial charge in [-0.05, 0) is 38.8 Å². The van der Waals surface area contributed by atoms with Crippen LogP contribution in [0.1, 0.15) is 26.7 Å². The summed E-state index contributed by atoms with van der Waals surface area (Å²) >= 11 is 6.25. The van der Waals surface area contributed by atoms with Crippen LogP contribution in [0.3, 0.4) is 0 Å². The lowest BCUT2D eigenvalue weighted by atomic mass is 9.83. The number of rotatable bonds is 1. The fourth-order valence-corrected chi connectivity index (χ4v) is 2.87. The minimum absolute atomic E-state index is 0.0103. The summed E-state index contributed by atoms with van der Waals surface area (Å²) in [5.74, 6) is 0.170. The van der Waals surface area contributed by atoms with Crippen LogP contribution < -0.4 is 4.90 Å². The number of hydrogen-bond donors (Lipinski definition) is 0. The highest BCUT2D eigenvalue weighted by molar-refractivity contribution is 6.33. The summed E-state index contributed by atoms with van der Waals surface area (Å²) < 4.78 is 0. The van der Waals surface area contributed by atoms with Crippen LogP contribution >= 0.6 is 11.6 Å². The first-order chi connectivity index (χ1) is 8.04. The zero-order valence-corrected chi connectivity index (χ0v) is 11.0. The van der Waals surface area contributed by atoms with E-state index in [0.29, 0.717) is 0 Å². The van der Waals surface area contributed by atoms with E-state index in [0.717, 1.165) is 30.1 Å². The standard InChI is InChI=1S/C14H17ClN2/c1-14(2)9-11(10-16)7-8-17(14)13-6-4-3-5-12(13)15/h3-6,11H,7-9H2,1-2H3. The predicted molar refractivity (Wildman–Crippen MR) is 71.2 cm³/mol. The molecule has 0 amide bonds. The van der Waals surface area contributed by atoms with Gasteiger partial charge < -0.3 is 4.90 Å². The van der Waals surface area contributed by atoms with Crippen molar-refractivity contribution < 1.29 is 0 Å². The maximum Gasteiger partial charge on any atom is 0.0657 e. The molecule has 1 unspecified atom stereocenters. The van der Waals surface area contributed by atoms with E-state index in [1.807, 2.05) is 18.2 Å². The fraction of sp³-hybridized carbons (Fsp3) is 0.500. The first-order valence-corrected chi connectivity index (χ1v) is 6.34. The van der Waals surface area contributed by atoms with Crippen LogP contribution in [-0.2, 0) is 0 Å². The van der Waals surface area contributed by atoms with E-state index in [-0.39, 0.29) is 11.5 Å². The minimum atomic E-state index is -0.0103. The lowest BCUT2D eigenvalue weighted by Crippen LogP contribution is -2.50. The molecule has 0 aliphatic carbocycles. The summed E-state index contributed by atoms with van der Waals surface area (Å²) in [7, 11) is 0. The molecule has 1 aliphatic rings. The quantitative estimate of drug-likeness (QED) is 0.755. The van der Waals surface area contributed by atoms with Gasteiger partial charge in [-0.15, -0.1) is 0 Å². The van der Waals surface area contributed by atoms with Crippen LogP contribution in [0.2, 0.25) is 5.02 Å². The first-order valence-electron chi connectivity index (χ1n) is 5.96. The molecule has 1 atom stereocenters. The average Bonchev–Trinajstić information content (AvgIpc) is 2.29. The second kappa shape index (κ2) is 4.58. The lowest BCUT2D eigenvalue weighted by molar-refractivity contribution is 0.315. The topological polar surface area (TPSA) is 27.0 Å². The molecule has 2 rings (SSSR count). The van der Waals surface area contributed by atoms with E-state index >= 15 is 0 Å². The third-order valence-electron chi connectivity index (χ3n) is 3.50. The SMILES string of the molecule is CC1(C)CC(C#N)CCN1c1ccccc1Cl. The number of piperidine rings is 1. The zero-order valence-electron chi connectivity index (χ0n) is 10.3. The summed E-state index contributed by atoms with van der Waals surface area (Å²) in [6, 6.07) is 10.3. The fourth-order valence-electron chi connectivity index (χ4n) is 2.63. The summed E-state index contributed by atoms with van der Waals surface area (Å²) in [6.45, 7) is 5.26. The van der Waals surface area contributed by atoms with E-state index in [1.54, 1.807) is 0 Å². The van der Waals surface area contributed by atoms with Crippen LogP contribution in [-0.4, -0.2) is 12.1 Å². The van der Waals surface area contributed by atoms with Crippen molar-refractivity contribution >= 4 is 17.3 Å². The molecule has 1 saturated heterocycles. The lowest BCUT2D eigenvalue weighted by Gasteiger charge is -2.46. The maximum absolute atomic E-state index is 9.04. The van der Waals surface area contributed by atoms with Crippen LogP contribution in [0.5, 0.6) is 0 Å². The predicted octanol–water partition coefficient (Wildman–Crippen LogP) is 3.86. The van der Waals surface area contributed by atoms with Gasteiger partial charge in [-0.2, -0.15) is 5.26 Å². The molecule has 1 aromatic carbocycles. The Labute approximate surface area is 108 Å². The summed E-state index contributed by atoms with van der Waals surface area (Å²) in [5, 5.41) is 9.83. The van der Waals surface area contributed by atoms with Gasteiger partial charge in [0, 0.05) is 12.1 Å². The Morgan fingerprint density at radius 1 is 1.41 bits per heavy atom. The Hall–Kier alpha value is -1.20. The zero-order chi connectivity index (χ0) is 12.5. The Morgan fingerprint density at radius 3 is 2.71 bits per heavy atom. The summed E-state index contributed by atoms with van der Waals surface area (Å²) in [5.41, 5.74) is 1.07. The Kier molecular flexibility index (Phi) is 3.31. The number of hydrogen-bond acceptors (Lipinski definition) is 2. The molecule has 0 N–H and O–H groups in total. The molecule has 0 spiro atoms. The van der Waals surface area contributed by atoms with Gasteiger partial charge >= 0.3 is 0 Å². The molecule has 3 heteroatoms. The molecule has 0 saturated carbocycles. The van der Waals surface area contributed by atoms with Crippen molar-refractivity contribution in [3.05, 3.63) is 29.3 Å². The van der Waals surface area contributed by atoms with Gasteiger partial charge in [0.1, 0.15) is 0 Å². The van der Waals surface area contributed by atoms with Gasteiger partial charge in [0.15, 0.2) is 0 Å². The number of nitrogens with zero attached hydrogens (tertiary/aromatic N) is 2. The van der Waals surface area contributed by atoms with Gasteiger partial charge in [0.05, 0.1) is 22.7 Å².